The predicted molar refractivity (Wildman–Crippen MR) is 81.7 cm³/mol. The van der Waals surface area contributed by atoms with Crippen LogP contribution in [0.25, 0.3) is 11.0 Å². The van der Waals surface area contributed by atoms with Crippen LogP contribution in [-0.2, 0) is 5.41 Å². The van der Waals surface area contributed by atoms with E-state index in [0.717, 1.165) is 17.9 Å². The van der Waals surface area contributed by atoms with Gasteiger partial charge in [0.15, 0.2) is 0 Å². The number of furan rings is 1. The average molecular weight is 259 g/mol. The fraction of sp³-hybridized carbons (Fsp3) is 0.529. The molecule has 1 atom stereocenters. The van der Waals surface area contributed by atoms with Crippen LogP contribution in [0.1, 0.15) is 57.5 Å². The van der Waals surface area contributed by atoms with Gasteiger partial charge < -0.3 is 9.73 Å². The summed E-state index contributed by atoms with van der Waals surface area (Å²) in [5.74, 6) is 1.02. The van der Waals surface area contributed by atoms with Gasteiger partial charge in [-0.15, -0.1) is 0 Å². The highest BCUT2D eigenvalue weighted by atomic mass is 16.3. The third kappa shape index (κ3) is 2.84. The summed E-state index contributed by atoms with van der Waals surface area (Å²) in [5, 5.41) is 4.61. The first-order valence-corrected chi connectivity index (χ1v) is 7.11. The maximum atomic E-state index is 6.02. The standard InChI is InChI=1S/C17H25NO/c1-7-18-12(3)15-10-13-9-14(17(4,5)6)8-11(2)16(13)19-15/h8-10,12,18H,7H2,1-6H3. The van der Waals surface area contributed by atoms with Crippen molar-refractivity contribution >= 4 is 11.0 Å². The maximum absolute atomic E-state index is 6.02. The smallest absolute Gasteiger partial charge is 0.137 e. The second kappa shape index (κ2) is 5.01. The molecule has 0 aliphatic rings. The molecule has 0 saturated heterocycles. The van der Waals surface area contributed by atoms with Gasteiger partial charge in [-0.2, -0.15) is 0 Å². The molecule has 0 amide bonds. The topological polar surface area (TPSA) is 25.2 Å². The molecule has 0 spiro atoms. The van der Waals surface area contributed by atoms with Crippen molar-refractivity contribution in [3.05, 3.63) is 35.1 Å². The number of nitrogens with one attached hydrogen (secondary N) is 1. The van der Waals surface area contributed by atoms with Crippen LogP contribution in [0.15, 0.2) is 22.6 Å². The Morgan fingerprint density at radius 3 is 2.47 bits per heavy atom. The molecule has 2 nitrogen and oxygen atoms in total. The molecule has 104 valence electrons. The van der Waals surface area contributed by atoms with Crippen LogP contribution in [0.4, 0.5) is 0 Å². The molecule has 1 aromatic heterocycles. The van der Waals surface area contributed by atoms with Crippen LogP contribution in [-0.4, -0.2) is 6.54 Å². The first kappa shape index (κ1) is 14.1. The Morgan fingerprint density at radius 2 is 1.89 bits per heavy atom. The predicted octanol–water partition coefficient (Wildman–Crippen LogP) is 4.71. The van der Waals surface area contributed by atoms with Crippen LogP contribution < -0.4 is 5.32 Å². The summed E-state index contributed by atoms with van der Waals surface area (Å²) in [4.78, 5) is 0. The molecule has 19 heavy (non-hydrogen) atoms. The van der Waals surface area contributed by atoms with Crippen LogP contribution in [0.2, 0.25) is 0 Å². The van der Waals surface area contributed by atoms with Gasteiger partial charge in [0, 0.05) is 5.39 Å². The van der Waals surface area contributed by atoms with Crippen LogP contribution >= 0.6 is 0 Å². The van der Waals surface area contributed by atoms with Gasteiger partial charge in [0.25, 0.3) is 0 Å². The molecule has 1 unspecified atom stereocenters. The summed E-state index contributed by atoms with van der Waals surface area (Å²) in [6.45, 7) is 14.1. The fourth-order valence-electron chi connectivity index (χ4n) is 2.40. The molecular weight excluding hydrogens is 234 g/mol. The zero-order valence-electron chi connectivity index (χ0n) is 12.9. The van der Waals surface area contributed by atoms with E-state index in [-0.39, 0.29) is 11.5 Å². The normalized spacial score (nSPS) is 14.0. The molecule has 2 heteroatoms. The van der Waals surface area contributed by atoms with Crippen molar-refractivity contribution in [3.8, 4) is 0 Å². The Labute approximate surface area is 116 Å². The minimum absolute atomic E-state index is 0.170. The number of aryl methyl sites for hydroxylation is 1. The van der Waals surface area contributed by atoms with Crippen molar-refractivity contribution < 1.29 is 4.42 Å². The number of rotatable bonds is 3. The summed E-state index contributed by atoms with van der Waals surface area (Å²) in [6, 6.07) is 6.93. The molecule has 1 N–H and O–H groups in total. The van der Waals surface area contributed by atoms with Crippen molar-refractivity contribution in [2.45, 2.75) is 53.0 Å². The van der Waals surface area contributed by atoms with Crippen molar-refractivity contribution in [2.24, 2.45) is 0 Å². The van der Waals surface area contributed by atoms with E-state index in [1.165, 1.54) is 16.5 Å². The third-order valence-corrected chi connectivity index (χ3v) is 3.62. The number of fused-ring (bicyclic) bond motifs is 1. The average Bonchev–Trinajstić information content (AvgIpc) is 2.72. The first-order chi connectivity index (χ1) is 8.82. The molecule has 0 saturated carbocycles. The van der Waals surface area contributed by atoms with Gasteiger partial charge in [0.05, 0.1) is 6.04 Å². The zero-order chi connectivity index (χ0) is 14.2. The van der Waals surface area contributed by atoms with Crippen molar-refractivity contribution in [2.75, 3.05) is 6.54 Å². The highest BCUT2D eigenvalue weighted by Gasteiger charge is 2.18. The Balaban J connectivity index is 2.51. The number of hydrogen-bond acceptors (Lipinski definition) is 2. The molecule has 2 rings (SSSR count). The molecular formula is C17H25NO. The summed E-state index contributed by atoms with van der Waals surface area (Å²) >= 11 is 0. The highest BCUT2D eigenvalue weighted by molar-refractivity contribution is 5.82. The van der Waals surface area contributed by atoms with E-state index < -0.39 is 0 Å². The molecule has 0 aliphatic carbocycles. The lowest BCUT2D eigenvalue weighted by Gasteiger charge is -2.19. The molecule has 0 fully saturated rings. The van der Waals surface area contributed by atoms with Gasteiger partial charge in [-0.25, -0.2) is 0 Å². The first-order valence-electron chi connectivity index (χ1n) is 7.11. The van der Waals surface area contributed by atoms with Gasteiger partial charge in [0.2, 0.25) is 0 Å². The molecule has 1 heterocycles. The van der Waals surface area contributed by atoms with E-state index in [1.54, 1.807) is 0 Å². The molecule has 0 radical (unpaired) electrons. The van der Waals surface area contributed by atoms with Gasteiger partial charge >= 0.3 is 0 Å². The lowest BCUT2D eigenvalue weighted by atomic mass is 9.85. The minimum atomic E-state index is 0.170. The lowest BCUT2D eigenvalue weighted by Crippen LogP contribution is -2.16. The summed E-state index contributed by atoms with van der Waals surface area (Å²) in [7, 11) is 0. The minimum Gasteiger partial charge on any atom is -0.459 e. The summed E-state index contributed by atoms with van der Waals surface area (Å²) < 4.78 is 6.02. The Hall–Kier alpha value is -1.28. The van der Waals surface area contributed by atoms with Crippen molar-refractivity contribution in [1.82, 2.24) is 5.32 Å². The Morgan fingerprint density at radius 1 is 1.21 bits per heavy atom. The van der Waals surface area contributed by atoms with Gasteiger partial charge in [-0.05, 0) is 49.1 Å². The van der Waals surface area contributed by atoms with Gasteiger partial charge in [0.1, 0.15) is 11.3 Å². The van der Waals surface area contributed by atoms with Crippen LogP contribution in [0.5, 0.6) is 0 Å². The van der Waals surface area contributed by atoms with E-state index in [1.807, 2.05) is 0 Å². The fourth-order valence-corrected chi connectivity index (χ4v) is 2.40. The largest absolute Gasteiger partial charge is 0.459 e. The summed E-state index contributed by atoms with van der Waals surface area (Å²) in [6.07, 6.45) is 0. The lowest BCUT2D eigenvalue weighted by molar-refractivity contribution is 0.458. The number of benzene rings is 1. The number of hydrogen-bond donors (Lipinski definition) is 1. The van der Waals surface area contributed by atoms with Crippen molar-refractivity contribution in [3.63, 3.8) is 0 Å². The van der Waals surface area contributed by atoms with Crippen LogP contribution in [0.3, 0.4) is 0 Å². The van der Waals surface area contributed by atoms with E-state index in [9.17, 15) is 0 Å². The van der Waals surface area contributed by atoms with Crippen molar-refractivity contribution in [1.29, 1.82) is 0 Å². The molecule has 2 aromatic rings. The zero-order valence-corrected chi connectivity index (χ0v) is 12.9. The highest BCUT2D eigenvalue weighted by Crippen LogP contribution is 2.32. The quantitative estimate of drug-likeness (QED) is 0.863. The second-order valence-corrected chi connectivity index (χ2v) is 6.39. The van der Waals surface area contributed by atoms with E-state index in [2.05, 4.69) is 65.1 Å². The Bertz CT molecular complexity index is 575. The van der Waals surface area contributed by atoms with Crippen LogP contribution in [0, 0.1) is 6.92 Å². The maximum Gasteiger partial charge on any atom is 0.137 e. The molecule has 0 bridgehead atoms. The van der Waals surface area contributed by atoms with Gasteiger partial charge in [-0.1, -0.05) is 33.8 Å². The van der Waals surface area contributed by atoms with Gasteiger partial charge in [-0.3, -0.25) is 0 Å². The second-order valence-electron chi connectivity index (χ2n) is 6.39. The SMILES string of the molecule is CCNC(C)c1cc2cc(C(C)(C)C)cc(C)c2o1. The third-order valence-electron chi connectivity index (χ3n) is 3.62. The molecule has 1 aromatic carbocycles. The van der Waals surface area contributed by atoms with E-state index in [4.69, 9.17) is 4.42 Å². The van der Waals surface area contributed by atoms with E-state index >= 15 is 0 Å². The molecule has 0 aliphatic heterocycles. The van der Waals surface area contributed by atoms with E-state index in [0.29, 0.717) is 0 Å². The monoisotopic (exact) mass is 259 g/mol. The Kier molecular flexibility index (Phi) is 3.73. The summed E-state index contributed by atoms with van der Waals surface area (Å²) in [5.41, 5.74) is 3.77.